The molecular weight excluding hydrogens is 255 g/mol. The number of halogens is 2. The van der Waals surface area contributed by atoms with Crippen molar-refractivity contribution in [1.82, 2.24) is 9.97 Å². The number of hydrogen-bond acceptors (Lipinski definition) is 2. The Labute approximate surface area is 109 Å². The van der Waals surface area contributed by atoms with Gasteiger partial charge in [0.2, 0.25) is 0 Å². The Morgan fingerprint density at radius 1 is 1.44 bits per heavy atom. The average molecular weight is 267 g/mol. The summed E-state index contributed by atoms with van der Waals surface area (Å²) >= 11 is 5.71. The minimum atomic E-state index is -0.573. The molecular formula is C13H12ClFN2O. The highest BCUT2D eigenvalue weighted by Crippen LogP contribution is 2.24. The third-order valence-corrected chi connectivity index (χ3v) is 2.80. The molecule has 2 rings (SSSR count). The van der Waals surface area contributed by atoms with Gasteiger partial charge in [0.25, 0.3) is 5.56 Å². The number of aromatic amines is 1. The minimum Gasteiger partial charge on any atom is -0.306 e. The van der Waals surface area contributed by atoms with Gasteiger partial charge in [-0.1, -0.05) is 31.0 Å². The maximum atomic E-state index is 13.8. The Kier molecular flexibility index (Phi) is 3.77. The molecule has 3 nitrogen and oxygen atoms in total. The lowest BCUT2D eigenvalue weighted by Gasteiger charge is -2.05. The average Bonchev–Trinajstić information content (AvgIpc) is 2.32. The van der Waals surface area contributed by atoms with Gasteiger partial charge in [0.05, 0.1) is 10.6 Å². The molecule has 0 unspecified atom stereocenters. The molecule has 18 heavy (non-hydrogen) atoms. The lowest BCUT2D eigenvalue weighted by Crippen LogP contribution is -2.11. The Hall–Kier alpha value is -1.68. The van der Waals surface area contributed by atoms with Gasteiger partial charge in [-0.25, -0.2) is 9.37 Å². The Balaban J connectivity index is 2.56. The van der Waals surface area contributed by atoms with Crippen molar-refractivity contribution in [2.45, 2.75) is 19.8 Å². The maximum Gasteiger partial charge on any atom is 0.251 e. The highest BCUT2D eigenvalue weighted by atomic mass is 35.5. The van der Waals surface area contributed by atoms with Crippen molar-refractivity contribution in [1.29, 1.82) is 0 Å². The van der Waals surface area contributed by atoms with Gasteiger partial charge in [-0.15, -0.1) is 0 Å². The van der Waals surface area contributed by atoms with E-state index in [1.165, 1.54) is 18.2 Å². The van der Waals surface area contributed by atoms with Gasteiger partial charge in [-0.05, 0) is 18.6 Å². The van der Waals surface area contributed by atoms with Crippen LogP contribution in [0.25, 0.3) is 11.4 Å². The molecule has 5 heteroatoms. The number of hydrogen-bond donors (Lipinski definition) is 1. The molecule has 1 aromatic carbocycles. The predicted octanol–water partition coefficient (Wildman–Crippen LogP) is 3.18. The quantitative estimate of drug-likeness (QED) is 0.927. The fourth-order valence-electron chi connectivity index (χ4n) is 1.71. The molecule has 0 aliphatic heterocycles. The fourth-order valence-corrected chi connectivity index (χ4v) is 1.88. The Morgan fingerprint density at radius 3 is 2.94 bits per heavy atom. The fraction of sp³-hybridized carbons (Fsp3) is 0.231. The molecule has 2 aromatic rings. The van der Waals surface area contributed by atoms with E-state index in [0.29, 0.717) is 12.1 Å². The lowest BCUT2D eigenvalue weighted by molar-refractivity contribution is 0.630. The van der Waals surface area contributed by atoms with Crippen LogP contribution in [-0.4, -0.2) is 9.97 Å². The molecule has 0 spiro atoms. The van der Waals surface area contributed by atoms with Gasteiger partial charge in [-0.2, -0.15) is 0 Å². The summed E-state index contributed by atoms with van der Waals surface area (Å²) in [5.41, 5.74) is 0.566. The van der Waals surface area contributed by atoms with E-state index in [0.717, 1.165) is 6.42 Å². The van der Waals surface area contributed by atoms with Crippen LogP contribution in [0.2, 0.25) is 5.02 Å². The van der Waals surface area contributed by atoms with Crippen LogP contribution in [0.3, 0.4) is 0 Å². The second kappa shape index (κ2) is 5.31. The molecule has 0 saturated carbocycles. The topological polar surface area (TPSA) is 45.8 Å². The molecule has 0 atom stereocenters. The third kappa shape index (κ3) is 2.59. The van der Waals surface area contributed by atoms with Gasteiger partial charge >= 0.3 is 0 Å². The summed E-state index contributed by atoms with van der Waals surface area (Å²) in [4.78, 5) is 18.3. The molecule has 94 valence electrons. The molecule has 0 fully saturated rings. The Morgan fingerprint density at radius 2 is 2.22 bits per heavy atom. The van der Waals surface area contributed by atoms with Crippen molar-refractivity contribution in [3.8, 4) is 11.4 Å². The van der Waals surface area contributed by atoms with Gasteiger partial charge < -0.3 is 4.98 Å². The zero-order valence-corrected chi connectivity index (χ0v) is 10.6. The maximum absolute atomic E-state index is 13.8. The van der Waals surface area contributed by atoms with Crippen LogP contribution in [0, 0.1) is 5.82 Å². The van der Waals surface area contributed by atoms with E-state index in [4.69, 9.17) is 11.6 Å². The number of rotatable bonds is 3. The first-order valence-electron chi connectivity index (χ1n) is 5.66. The monoisotopic (exact) mass is 266 g/mol. The van der Waals surface area contributed by atoms with E-state index in [-0.39, 0.29) is 22.0 Å². The summed E-state index contributed by atoms with van der Waals surface area (Å²) in [7, 11) is 0. The molecule has 0 saturated heterocycles. The van der Waals surface area contributed by atoms with Crippen molar-refractivity contribution in [3.63, 3.8) is 0 Å². The van der Waals surface area contributed by atoms with Gasteiger partial charge in [-0.3, -0.25) is 4.79 Å². The largest absolute Gasteiger partial charge is 0.306 e. The van der Waals surface area contributed by atoms with E-state index in [1.54, 1.807) is 6.07 Å². The minimum absolute atomic E-state index is 0.0102. The van der Waals surface area contributed by atoms with Gasteiger partial charge in [0.15, 0.2) is 5.82 Å². The first kappa shape index (κ1) is 12.8. The molecule has 1 aromatic heterocycles. The molecule has 0 radical (unpaired) electrons. The van der Waals surface area contributed by atoms with Crippen LogP contribution in [0.5, 0.6) is 0 Å². The summed E-state index contributed by atoms with van der Waals surface area (Å²) < 4.78 is 13.8. The number of benzene rings is 1. The Bertz CT molecular complexity index is 625. The number of nitrogens with one attached hydrogen (secondary N) is 1. The first-order valence-corrected chi connectivity index (χ1v) is 6.04. The standard InChI is InChI=1S/C13H12ClFN2O/c1-2-4-8-7-11(18)17-13(16-8)9-5-3-6-10(14)12(9)15/h3,5-7H,2,4H2,1H3,(H,16,17,18). The normalized spacial score (nSPS) is 10.6. The van der Waals surface area contributed by atoms with E-state index in [9.17, 15) is 9.18 Å². The highest BCUT2D eigenvalue weighted by Gasteiger charge is 2.11. The molecule has 0 amide bonds. The second-order valence-electron chi connectivity index (χ2n) is 3.94. The van der Waals surface area contributed by atoms with Crippen LogP contribution in [0.15, 0.2) is 29.1 Å². The molecule has 0 bridgehead atoms. The summed E-state index contributed by atoms with van der Waals surface area (Å²) in [6.45, 7) is 1.99. The van der Waals surface area contributed by atoms with Gasteiger partial charge in [0.1, 0.15) is 5.82 Å². The summed E-state index contributed by atoms with van der Waals surface area (Å²) in [6.07, 6.45) is 1.55. The molecule has 1 heterocycles. The summed E-state index contributed by atoms with van der Waals surface area (Å²) in [5, 5.41) is 0.0102. The predicted molar refractivity (Wildman–Crippen MR) is 69.3 cm³/mol. The van der Waals surface area contributed by atoms with Crippen molar-refractivity contribution in [2.24, 2.45) is 0 Å². The van der Waals surface area contributed by atoms with E-state index in [1.807, 2.05) is 6.92 Å². The van der Waals surface area contributed by atoms with Crippen LogP contribution < -0.4 is 5.56 Å². The van der Waals surface area contributed by atoms with Crippen LogP contribution in [0.1, 0.15) is 19.0 Å². The highest BCUT2D eigenvalue weighted by molar-refractivity contribution is 6.31. The number of H-pyrrole nitrogens is 1. The van der Waals surface area contributed by atoms with Crippen molar-refractivity contribution < 1.29 is 4.39 Å². The lowest BCUT2D eigenvalue weighted by atomic mass is 10.2. The zero-order chi connectivity index (χ0) is 13.1. The van der Waals surface area contributed by atoms with E-state index >= 15 is 0 Å². The van der Waals surface area contributed by atoms with Crippen molar-refractivity contribution in [3.05, 3.63) is 51.2 Å². The third-order valence-electron chi connectivity index (χ3n) is 2.51. The number of aromatic nitrogens is 2. The molecule has 1 N–H and O–H groups in total. The second-order valence-corrected chi connectivity index (χ2v) is 4.34. The van der Waals surface area contributed by atoms with Crippen LogP contribution in [0.4, 0.5) is 4.39 Å². The van der Waals surface area contributed by atoms with E-state index < -0.39 is 5.82 Å². The first-order chi connectivity index (χ1) is 8.61. The summed E-state index contributed by atoms with van der Waals surface area (Å²) in [6, 6.07) is 6.03. The number of aryl methyl sites for hydroxylation is 1. The van der Waals surface area contributed by atoms with Crippen molar-refractivity contribution in [2.75, 3.05) is 0 Å². The SMILES string of the molecule is CCCc1cc(=O)[nH]c(-c2cccc(Cl)c2F)n1. The smallest absolute Gasteiger partial charge is 0.251 e. The van der Waals surface area contributed by atoms with Crippen LogP contribution in [-0.2, 0) is 6.42 Å². The van der Waals surface area contributed by atoms with Gasteiger partial charge in [0, 0.05) is 11.8 Å². The molecule has 0 aliphatic rings. The molecule has 0 aliphatic carbocycles. The van der Waals surface area contributed by atoms with Crippen molar-refractivity contribution >= 4 is 11.6 Å². The zero-order valence-electron chi connectivity index (χ0n) is 9.84. The summed E-state index contributed by atoms with van der Waals surface area (Å²) in [5.74, 6) is -0.359. The van der Waals surface area contributed by atoms with Crippen LogP contribution >= 0.6 is 11.6 Å². The number of nitrogens with zero attached hydrogens (tertiary/aromatic N) is 1. The van der Waals surface area contributed by atoms with E-state index in [2.05, 4.69) is 9.97 Å².